The van der Waals surface area contributed by atoms with Crippen LogP contribution in [0.3, 0.4) is 0 Å². The molecule has 3 rings (SSSR count). The molecule has 0 aliphatic heterocycles. The van der Waals surface area contributed by atoms with E-state index in [4.69, 9.17) is 25.2 Å². The summed E-state index contributed by atoms with van der Waals surface area (Å²) in [5, 5.41) is 8.97. The number of amides is 1. The minimum Gasteiger partial charge on any atom is -0.493 e. The molecular weight excluding hydrogens is 432 g/mol. The maximum atomic E-state index is 12.3. The first-order valence-electron chi connectivity index (χ1n) is 10.2. The molecule has 1 amide bonds. The normalized spacial score (nSPS) is 11.0. The fourth-order valence-corrected chi connectivity index (χ4v) is 2.91. The van der Waals surface area contributed by atoms with Crippen LogP contribution in [0.4, 0.5) is 0 Å². The molecule has 34 heavy (non-hydrogen) atoms. The van der Waals surface area contributed by atoms with Crippen molar-refractivity contribution in [2.45, 2.75) is 6.61 Å². The van der Waals surface area contributed by atoms with Crippen LogP contribution in [-0.4, -0.2) is 19.0 Å². The van der Waals surface area contributed by atoms with Crippen molar-refractivity contribution in [2.75, 3.05) is 7.11 Å². The molecule has 0 atom stereocenters. The number of benzene rings is 3. The first-order chi connectivity index (χ1) is 16.5. The van der Waals surface area contributed by atoms with E-state index in [1.54, 1.807) is 18.2 Å². The van der Waals surface area contributed by atoms with Crippen LogP contribution < -0.4 is 19.9 Å². The van der Waals surface area contributed by atoms with Crippen molar-refractivity contribution in [1.82, 2.24) is 0 Å². The van der Waals surface area contributed by atoms with Crippen molar-refractivity contribution in [3.8, 4) is 23.3 Å². The van der Waals surface area contributed by atoms with Gasteiger partial charge in [-0.1, -0.05) is 48.5 Å². The summed E-state index contributed by atoms with van der Waals surface area (Å²) in [7, 11) is 1.41. The van der Waals surface area contributed by atoms with Crippen molar-refractivity contribution in [1.29, 1.82) is 5.26 Å². The van der Waals surface area contributed by atoms with Gasteiger partial charge in [-0.3, -0.25) is 4.79 Å². The zero-order valence-electron chi connectivity index (χ0n) is 18.4. The Hall–Kier alpha value is -4.83. The molecule has 0 unspecified atom stereocenters. The van der Waals surface area contributed by atoms with Gasteiger partial charge in [-0.15, -0.1) is 0 Å². The zero-order chi connectivity index (χ0) is 24.3. The molecule has 0 aliphatic carbocycles. The van der Waals surface area contributed by atoms with E-state index in [0.717, 1.165) is 16.9 Å². The molecule has 0 aliphatic rings. The summed E-state index contributed by atoms with van der Waals surface area (Å²) in [6, 6.07) is 23.5. The smallest absolute Gasteiger partial charge is 0.336 e. The Balaban J connectivity index is 1.61. The highest BCUT2D eigenvalue weighted by Gasteiger charge is 2.10. The van der Waals surface area contributed by atoms with E-state index < -0.39 is 11.9 Å². The Kier molecular flexibility index (Phi) is 8.19. The van der Waals surface area contributed by atoms with Gasteiger partial charge in [-0.05, 0) is 53.1 Å². The summed E-state index contributed by atoms with van der Waals surface area (Å²) in [6.45, 7) is 0.471. The van der Waals surface area contributed by atoms with E-state index in [9.17, 15) is 9.59 Å². The molecule has 0 heterocycles. The van der Waals surface area contributed by atoms with E-state index in [2.05, 4.69) is 0 Å². The lowest BCUT2D eigenvalue weighted by Crippen LogP contribution is -2.12. The topological polar surface area (TPSA) is 112 Å². The van der Waals surface area contributed by atoms with Gasteiger partial charge in [-0.25, -0.2) is 4.79 Å². The minimum atomic E-state index is -0.835. The number of nitriles is 1. The molecule has 2 N–H and O–H groups in total. The standard InChI is InChI=1S/C27H22N2O5/c1-32-25-16-21(15-22(17-28)27(29)31)9-13-24(25)34-26(30)14-10-19-7-11-23(12-8-19)33-18-20-5-3-2-4-6-20/h2-16H,18H2,1H3,(H2,29,31)/b14-10+,22-15+. The molecule has 3 aromatic rings. The minimum absolute atomic E-state index is 0.191. The van der Waals surface area contributed by atoms with Crippen molar-refractivity contribution in [2.24, 2.45) is 5.73 Å². The first kappa shape index (κ1) is 23.8. The third-order valence-corrected chi connectivity index (χ3v) is 4.64. The molecule has 0 spiro atoms. The molecule has 7 nitrogen and oxygen atoms in total. The number of carbonyl (C=O) groups is 2. The number of nitrogens with two attached hydrogens (primary N) is 1. The van der Waals surface area contributed by atoms with Crippen LogP contribution in [0.5, 0.6) is 17.2 Å². The number of carbonyl (C=O) groups excluding carboxylic acids is 2. The second kappa shape index (κ2) is 11.7. The Morgan fingerprint density at radius 2 is 1.68 bits per heavy atom. The molecule has 170 valence electrons. The lowest BCUT2D eigenvalue weighted by Gasteiger charge is -2.09. The Labute approximate surface area is 197 Å². The predicted octanol–water partition coefficient (Wildman–Crippen LogP) is 4.29. The van der Waals surface area contributed by atoms with Crippen LogP contribution >= 0.6 is 0 Å². The van der Waals surface area contributed by atoms with Crippen LogP contribution in [0.2, 0.25) is 0 Å². The van der Waals surface area contributed by atoms with Crippen LogP contribution in [0.15, 0.2) is 84.4 Å². The highest BCUT2D eigenvalue weighted by molar-refractivity contribution is 6.00. The van der Waals surface area contributed by atoms with Crippen LogP contribution in [0.1, 0.15) is 16.7 Å². The molecule has 0 saturated carbocycles. The summed E-state index contributed by atoms with van der Waals surface area (Å²) < 4.78 is 16.4. The molecular formula is C27H22N2O5. The molecule has 0 bridgehead atoms. The van der Waals surface area contributed by atoms with E-state index in [0.29, 0.717) is 12.2 Å². The maximum Gasteiger partial charge on any atom is 0.336 e. The fraction of sp³-hybridized carbons (Fsp3) is 0.0741. The lowest BCUT2D eigenvalue weighted by molar-refractivity contribution is -0.129. The predicted molar refractivity (Wildman–Crippen MR) is 128 cm³/mol. The van der Waals surface area contributed by atoms with Gasteiger partial charge < -0.3 is 19.9 Å². The average Bonchev–Trinajstić information content (AvgIpc) is 2.86. The van der Waals surface area contributed by atoms with Crippen LogP contribution in [0.25, 0.3) is 12.2 Å². The van der Waals surface area contributed by atoms with Gasteiger partial charge in [0.05, 0.1) is 7.11 Å². The SMILES string of the molecule is COc1cc(/C=C(\C#N)C(N)=O)ccc1OC(=O)/C=C/c1ccc(OCc2ccccc2)cc1. The Morgan fingerprint density at radius 1 is 0.971 bits per heavy atom. The van der Waals surface area contributed by atoms with E-state index in [1.807, 2.05) is 54.6 Å². The summed E-state index contributed by atoms with van der Waals surface area (Å²) in [5.74, 6) is -0.259. The van der Waals surface area contributed by atoms with Crippen molar-refractivity contribution in [3.63, 3.8) is 0 Å². The maximum absolute atomic E-state index is 12.3. The lowest BCUT2D eigenvalue weighted by atomic mass is 10.1. The van der Waals surface area contributed by atoms with E-state index >= 15 is 0 Å². The zero-order valence-corrected chi connectivity index (χ0v) is 18.4. The highest BCUT2D eigenvalue weighted by Crippen LogP contribution is 2.29. The number of rotatable bonds is 9. The molecule has 0 radical (unpaired) electrons. The van der Waals surface area contributed by atoms with Crippen LogP contribution in [-0.2, 0) is 16.2 Å². The molecule has 0 saturated heterocycles. The molecule has 0 fully saturated rings. The van der Waals surface area contributed by atoms with Crippen molar-refractivity contribution >= 4 is 24.0 Å². The summed E-state index contributed by atoms with van der Waals surface area (Å²) in [6.07, 6.45) is 4.25. The highest BCUT2D eigenvalue weighted by atomic mass is 16.6. The fourth-order valence-electron chi connectivity index (χ4n) is 2.91. The number of hydrogen-bond donors (Lipinski definition) is 1. The van der Waals surface area contributed by atoms with Gasteiger partial charge in [0.1, 0.15) is 24.0 Å². The number of ether oxygens (including phenoxy) is 3. The quantitative estimate of drug-likeness (QED) is 0.223. The van der Waals surface area contributed by atoms with E-state index in [-0.39, 0.29) is 17.1 Å². The van der Waals surface area contributed by atoms with Gasteiger partial charge >= 0.3 is 5.97 Å². The monoisotopic (exact) mass is 454 g/mol. The van der Waals surface area contributed by atoms with Gasteiger partial charge in [0.2, 0.25) is 0 Å². The number of primary amides is 1. The summed E-state index contributed by atoms with van der Waals surface area (Å²) >= 11 is 0. The third-order valence-electron chi connectivity index (χ3n) is 4.64. The second-order valence-corrected chi connectivity index (χ2v) is 7.04. The number of hydrogen-bond acceptors (Lipinski definition) is 6. The van der Waals surface area contributed by atoms with Gasteiger partial charge in [0.15, 0.2) is 11.5 Å². The number of esters is 1. The Bertz CT molecular complexity index is 1260. The summed E-state index contributed by atoms with van der Waals surface area (Å²) in [4.78, 5) is 23.5. The van der Waals surface area contributed by atoms with Crippen molar-refractivity contribution < 1.29 is 23.8 Å². The van der Waals surface area contributed by atoms with Gasteiger partial charge in [0.25, 0.3) is 5.91 Å². The third kappa shape index (κ3) is 6.84. The number of nitrogens with zero attached hydrogens (tertiary/aromatic N) is 1. The Morgan fingerprint density at radius 3 is 2.32 bits per heavy atom. The average molecular weight is 454 g/mol. The van der Waals surface area contributed by atoms with E-state index in [1.165, 1.54) is 31.4 Å². The molecule has 0 aromatic heterocycles. The largest absolute Gasteiger partial charge is 0.493 e. The molecule has 7 heteroatoms. The molecule has 3 aromatic carbocycles. The number of methoxy groups -OCH3 is 1. The first-order valence-corrected chi connectivity index (χ1v) is 10.2. The summed E-state index contributed by atoms with van der Waals surface area (Å²) in [5.41, 5.74) is 7.31. The van der Waals surface area contributed by atoms with Gasteiger partial charge in [0, 0.05) is 6.08 Å². The van der Waals surface area contributed by atoms with Crippen molar-refractivity contribution in [3.05, 3.63) is 101 Å². The van der Waals surface area contributed by atoms with Gasteiger partial charge in [-0.2, -0.15) is 5.26 Å². The van der Waals surface area contributed by atoms with Crippen LogP contribution in [0, 0.1) is 11.3 Å². The second-order valence-electron chi connectivity index (χ2n) is 7.04.